The van der Waals surface area contributed by atoms with Crippen LogP contribution >= 0.6 is 0 Å². The lowest BCUT2D eigenvalue weighted by atomic mass is 9.72. The van der Waals surface area contributed by atoms with Gasteiger partial charge in [-0.05, 0) is 65.4 Å². The molecule has 2 rings (SSSR count). The van der Waals surface area contributed by atoms with Crippen molar-refractivity contribution in [1.29, 1.82) is 0 Å². The maximum atomic E-state index is 11.8. The Labute approximate surface area is 163 Å². The highest BCUT2D eigenvalue weighted by Gasteiger charge is 2.38. The van der Waals surface area contributed by atoms with E-state index in [9.17, 15) is 9.90 Å². The van der Waals surface area contributed by atoms with Gasteiger partial charge in [0.05, 0.1) is 11.0 Å². The number of esters is 1. The van der Waals surface area contributed by atoms with E-state index in [0.717, 1.165) is 37.8 Å². The maximum absolute atomic E-state index is 11.8. The number of rotatable bonds is 7. The zero-order valence-corrected chi connectivity index (χ0v) is 17.5. The number of aliphatic hydroxyl groups is 1. The number of carbonyl (C=O) groups excluding carboxylic acids is 1. The van der Waals surface area contributed by atoms with E-state index in [-0.39, 0.29) is 18.7 Å². The lowest BCUT2D eigenvalue weighted by Crippen LogP contribution is -2.42. The van der Waals surface area contributed by atoms with Crippen molar-refractivity contribution < 1.29 is 19.4 Å². The van der Waals surface area contributed by atoms with Gasteiger partial charge in [-0.25, -0.2) is 0 Å². The van der Waals surface area contributed by atoms with Crippen molar-refractivity contribution in [3.05, 3.63) is 29.8 Å². The molecule has 0 radical (unpaired) electrons. The molecular weight excluding hydrogens is 342 g/mol. The van der Waals surface area contributed by atoms with Gasteiger partial charge in [0.25, 0.3) is 0 Å². The van der Waals surface area contributed by atoms with E-state index >= 15 is 0 Å². The van der Waals surface area contributed by atoms with Crippen LogP contribution in [-0.4, -0.2) is 49.0 Å². The molecule has 0 aliphatic heterocycles. The Balaban J connectivity index is 2.03. The molecule has 0 aromatic heterocycles. The third-order valence-corrected chi connectivity index (χ3v) is 5.23. The summed E-state index contributed by atoms with van der Waals surface area (Å²) >= 11 is 0. The van der Waals surface area contributed by atoms with Crippen molar-refractivity contribution in [3.8, 4) is 5.75 Å². The smallest absolute Gasteiger partial charge is 0.314 e. The van der Waals surface area contributed by atoms with Crippen LogP contribution < -0.4 is 4.74 Å². The van der Waals surface area contributed by atoms with Crippen LogP contribution in [0, 0.1) is 5.41 Å². The average molecular weight is 378 g/mol. The van der Waals surface area contributed by atoms with Crippen LogP contribution in [0.3, 0.4) is 0 Å². The molecule has 1 aliphatic rings. The topological polar surface area (TPSA) is 59.0 Å². The Hall–Kier alpha value is -1.59. The lowest BCUT2D eigenvalue weighted by molar-refractivity contribution is -0.159. The lowest BCUT2D eigenvalue weighted by Gasteiger charge is -2.40. The first-order valence-electron chi connectivity index (χ1n) is 9.89. The summed E-state index contributed by atoms with van der Waals surface area (Å²) in [6, 6.07) is 7.80. The van der Waals surface area contributed by atoms with E-state index in [4.69, 9.17) is 9.47 Å². The Morgan fingerprint density at radius 1 is 1.15 bits per heavy atom. The second-order valence-corrected chi connectivity index (χ2v) is 8.99. The summed E-state index contributed by atoms with van der Waals surface area (Å²) < 4.78 is 10.7. The first kappa shape index (κ1) is 21.7. The van der Waals surface area contributed by atoms with Crippen molar-refractivity contribution >= 4 is 5.97 Å². The number of hydrogen-bond acceptors (Lipinski definition) is 5. The molecule has 0 unspecified atom stereocenters. The third-order valence-electron chi connectivity index (χ3n) is 5.23. The molecule has 1 aromatic carbocycles. The molecule has 1 N–H and O–H groups in total. The second kappa shape index (κ2) is 9.07. The van der Waals surface area contributed by atoms with Gasteiger partial charge in [-0.1, -0.05) is 31.4 Å². The van der Waals surface area contributed by atoms with Crippen LogP contribution in [0.25, 0.3) is 0 Å². The van der Waals surface area contributed by atoms with Crippen LogP contribution in [0.4, 0.5) is 0 Å². The monoisotopic (exact) mass is 377 g/mol. The van der Waals surface area contributed by atoms with Crippen LogP contribution in [0.5, 0.6) is 5.75 Å². The van der Waals surface area contributed by atoms with Gasteiger partial charge in [0.1, 0.15) is 5.75 Å². The SMILES string of the molecule is CN(C)C[C@@H](c1ccc(OCOC(=O)C(C)(C)C)cc1)C1(O)CCCCC1. The van der Waals surface area contributed by atoms with Crippen molar-refractivity contribution in [1.82, 2.24) is 4.90 Å². The van der Waals surface area contributed by atoms with Gasteiger partial charge in [0.2, 0.25) is 6.79 Å². The minimum absolute atomic E-state index is 0.0700. The zero-order chi connectivity index (χ0) is 20.1. The fraction of sp³-hybridized carbons (Fsp3) is 0.682. The summed E-state index contributed by atoms with van der Waals surface area (Å²) in [6.45, 7) is 6.14. The molecule has 5 heteroatoms. The fourth-order valence-electron chi connectivity index (χ4n) is 3.63. The molecule has 152 valence electrons. The molecule has 0 spiro atoms. The highest BCUT2D eigenvalue weighted by Crippen LogP contribution is 2.40. The van der Waals surface area contributed by atoms with Gasteiger partial charge in [0, 0.05) is 12.5 Å². The Morgan fingerprint density at radius 3 is 2.26 bits per heavy atom. The molecule has 27 heavy (non-hydrogen) atoms. The standard InChI is InChI=1S/C22H35NO4/c1-21(2,3)20(24)27-16-26-18-11-9-17(10-12-18)19(15-23(4)5)22(25)13-7-6-8-14-22/h9-12,19,25H,6-8,13-16H2,1-5H3/t19-/m0/s1. The number of nitrogens with zero attached hydrogens (tertiary/aromatic N) is 1. The summed E-state index contributed by atoms with van der Waals surface area (Å²) in [5.74, 6) is 0.435. The quantitative estimate of drug-likeness (QED) is 0.576. The van der Waals surface area contributed by atoms with E-state index < -0.39 is 11.0 Å². The van der Waals surface area contributed by atoms with Crippen LogP contribution in [-0.2, 0) is 9.53 Å². The van der Waals surface area contributed by atoms with Gasteiger partial charge < -0.3 is 19.5 Å². The summed E-state index contributed by atoms with van der Waals surface area (Å²) in [7, 11) is 4.08. The Kier molecular flexibility index (Phi) is 7.29. The molecule has 5 nitrogen and oxygen atoms in total. The number of likely N-dealkylation sites (N-methyl/N-ethyl adjacent to an activating group) is 1. The molecule has 1 aliphatic carbocycles. The van der Waals surface area contributed by atoms with Crippen LogP contribution in [0.2, 0.25) is 0 Å². The van der Waals surface area contributed by atoms with Gasteiger partial charge in [-0.3, -0.25) is 4.79 Å². The van der Waals surface area contributed by atoms with Gasteiger partial charge in [-0.15, -0.1) is 0 Å². The minimum Gasteiger partial charge on any atom is -0.457 e. The summed E-state index contributed by atoms with van der Waals surface area (Å²) in [6.07, 6.45) is 5.08. The molecule has 1 saturated carbocycles. The number of ether oxygens (including phenoxy) is 2. The first-order valence-corrected chi connectivity index (χ1v) is 9.89. The van der Waals surface area contributed by atoms with E-state index in [0.29, 0.717) is 5.75 Å². The Bertz CT molecular complexity index is 598. The number of carbonyl (C=O) groups is 1. The van der Waals surface area contributed by atoms with Crippen molar-refractivity contribution in [3.63, 3.8) is 0 Å². The second-order valence-electron chi connectivity index (χ2n) is 8.99. The summed E-state index contributed by atoms with van der Waals surface area (Å²) in [5, 5.41) is 11.3. The predicted molar refractivity (Wildman–Crippen MR) is 107 cm³/mol. The molecule has 0 amide bonds. The fourth-order valence-corrected chi connectivity index (χ4v) is 3.63. The first-order chi connectivity index (χ1) is 12.6. The molecule has 1 atom stereocenters. The Morgan fingerprint density at radius 2 is 1.74 bits per heavy atom. The van der Waals surface area contributed by atoms with Gasteiger partial charge in [0.15, 0.2) is 0 Å². The van der Waals surface area contributed by atoms with Crippen molar-refractivity contribution in [2.45, 2.75) is 64.4 Å². The van der Waals surface area contributed by atoms with Gasteiger partial charge in [-0.2, -0.15) is 0 Å². The number of hydrogen-bond donors (Lipinski definition) is 1. The largest absolute Gasteiger partial charge is 0.457 e. The zero-order valence-electron chi connectivity index (χ0n) is 17.5. The molecule has 1 fully saturated rings. The molecular formula is C22H35NO4. The molecule has 0 saturated heterocycles. The summed E-state index contributed by atoms with van der Waals surface area (Å²) in [5.41, 5.74) is -0.0676. The maximum Gasteiger partial charge on any atom is 0.314 e. The van der Waals surface area contributed by atoms with E-state index in [1.165, 1.54) is 6.42 Å². The normalized spacial score (nSPS) is 18.2. The minimum atomic E-state index is -0.646. The van der Waals surface area contributed by atoms with E-state index in [2.05, 4.69) is 4.90 Å². The highest BCUT2D eigenvalue weighted by molar-refractivity contribution is 5.75. The third kappa shape index (κ3) is 6.22. The molecule has 1 aromatic rings. The predicted octanol–water partition coefficient (Wildman–Crippen LogP) is 3.95. The van der Waals surface area contributed by atoms with Crippen molar-refractivity contribution in [2.75, 3.05) is 27.4 Å². The summed E-state index contributed by atoms with van der Waals surface area (Å²) in [4.78, 5) is 13.9. The average Bonchev–Trinajstić information content (AvgIpc) is 2.60. The highest BCUT2D eigenvalue weighted by atomic mass is 16.7. The van der Waals surface area contributed by atoms with E-state index in [1.54, 1.807) is 0 Å². The molecule has 0 bridgehead atoms. The van der Waals surface area contributed by atoms with Crippen LogP contribution in [0.1, 0.15) is 64.4 Å². The van der Waals surface area contributed by atoms with Crippen molar-refractivity contribution in [2.24, 2.45) is 5.41 Å². The van der Waals surface area contributed by atoms with Crippen LogP contribution in [0.15, 0.2) is 24.3 Å². The molecule has 0 heterocycles. The number of benzene rings is 1. The van der Waals surface area contributed by atoms with Gasteiger partial charge >= 0.3 is 5.97 Å². The van der Waals surface area contributed by atoms with E-state index in [1.807, 2.05) is 59.1 Å².